The zero-order chi connectivity index (χ0) is 19.7. The highest BCUT2D eigenvalue weighted by atomic mass is 16.6. The quantitative estimate of drug-likeness (QED) is 0.512. The molecule has 0 amide bonds. The molecule has 3 aromatic rings. The lowest BCUT2D eigenvalue weighted by Crippen LogP contribution is -2.35. The van der Waals surface area contributed by atoms with E-state index in [1.165, 1.54) is 24.5 Å². The third-order valence-corrected chi connectivity index (χ3v) is 4.65. The van der Waals surface area contributed by atoms with Crippen LogP contribution in [0.4, 0.5) is 5.69 Å². The van der Waals surface area contributed by atoms with Crippen LogP contribution in [0.3, 0.4) is 0 Å². The van der Waals surface area contributed by atoms with Crippen molar-refractivity contribution in [2.75, 3.05) is 6.54 Å². The molecule has 2 N–H and O–H groups in total. The summed E-state index contributed by atoms with van der Waals surface area (Å²) in [5.41, 5.74) is 2.06. The van der Waals surface area contributed by atoms with Crippen molar-refractivity contribution in [3.05, 3.63) is 74.2 Å². The van der Waals surface area contributed by atoms with Gasteiger partial charge in [0.15, 0.2) is 0 Å². The van der Waals surface area contributed by atoms with Gasteiger partial charge in [-0.25, -0.2) is 15.0 Å². The largest absolute Gasteiger partial charge is 0.508 e. The number of nitrogens with zero attached hydrogens (tertiary/aromatic N) is 5. The number of non-ortho nitro benzene ring substituents is 1. The van der Waals surface area contributed by atoms with Gasteiger partial charge in [0.1, 0.15) is 17.9 Å². The smallest absolute Gasteiger partial charge is 0.270 e. The molecule has 1 aliphatic heterocycles. The highest BCUT2D eigenvalue weighted by molar-refractivity contribution is 5.52. The summed E-state index contributed by atoms with van der Waals surface area (Å²) in [6.07, 6.45) is 5.03. The number of aromatic amines is 1. The Morgan fingerprint density at radius 3 is 2.82 bits per heavy atom. The third-order valence-electron chi connectivity index (χ3n) is 4.65. The van der Waals surface area contributed by atoms with E-state index in [4.69, 9.17) is 0 Å². The molecule has 10 heteroatoms. The molecule has 0 fully saturated rings. The minimum atomic E-state index is -0.496. The summed E-state index contributed by atoms with van der Waals surface area (Å²) in [6.45, 7) is 1.28. The first-order valence-corrected chi connectivity index (χ1v) is 8.57. The molecule has 4 rings (SSSR count). The van der Waals surface area contributed by atoms with Crippen molar-refractivity contribution in [3.63, 3.8) is 0 Å². The average Bonchev–Trinajstić information content (AvgIpc) is 2.70. The fourth-order valence-corrected chi connectivity index (χ4v) is 3.24. The predicted molar refractivity (Wildman–Crippen MR) is 98.5 cm³/mol. The van der Waals surface area contributed by atoms with E-state index < -0.39 is 4.92 Å². The van der Waals surface area contributed by atoms with Gasteiger partial charge in [0.25, 0.3) is 11.2 Å². The molecule has 0 saturated carbocycles. The maximum absolute atomic E-state index is 12.4. The van der Waals surface area contributed by atoms with Gasteiger partial charge in [-0.3, -0.25) is 19.8 Å². The molecule has 1 aliphatic rings. The highest BCUT2D eigenvalue weighted by Gasteiger charge is 2.23. The summed E-state index contributed by atoms with van der Waals surface area (Å²) in [7, 11) is 0. The van der Waals surface area contributed by atoms with Gasteiger partial charge in [-0.15, -0.1) is 0 Å². The van der Waals surface area contributed by atoms with Crippen molar-refractivity contribution in [3.8, 4) is 17.1 Å². The minimum Gasteiger partial charge on any atom is -0.508 e. The number of phenols is 1. The van der Waals surface area contributed by atoms with E-state index in [-0.39, 0.29) is 17.0 Å². The standard InChI is InChI=1S/C18H16N6O4/c25-16-2-1-13(24(27)28)5-11(16)8-23-4-3-14-15(9-23)21-17(22-18(14)26)12-6-19-10-20-7-12/h1-2,5-7,10,25H,3-4,8-9H2,(H,21,22,26). The summed E-state index contributed by atoms with van der Waals surface area (Å²) < 4.78 is 0. The number of phenolic OH excluding ortho intramolecular Hbond substituents is 1. The fourth-order valence-electron chi connectivity index (χ4n) is 3.24. The number of nitro benzene ring substituents is 1. The van der Waals surface area contributed by atoms with Crippen molar-refractivity contribution in [1.82, 2.24) is 24.8 Å². The number of nitro groups is 1. The molecule has 0 atom stereocenters. The molecule has 0 aliphatic carbocycles. The van der Waals surface area contributed by atoms with E-state index in [1.807, 2.05) is 4.90 Å². The van der Waals surface area contributed by atoms with Gasteiger partial charge in [-0.2, -0.15) is 0 Å². The second-order valence-electron chi connectivity index (χ2n) is 6.50. The lowest BCUT2D eigenvalue weighted by atomic mass is 10.0. The van der Waals surface area contributed by atoms with E-state index in [0.29, 0.717) is 54.3 Å². The number of benzene rings is 1. The number of aromatic nitrogens is 4. The number of nitrogens with one attached hydrogen (secondary N) is 1. The van der Waals surface area contributed by atoms with Gasteiger partial charge < -0.3 is 10.1 Å². The number of fused-ring (bicyclic) bond motifs is 1. The van der Waals surface area contributed by atoms with Crippen LogP contribution in [0, 0.1) is 10.1 Å². The van der Waals surface area contributed by atoms with Crippen LogP contribution in [0.5, 0.6) is 5.75 Å². The van der Waals surface area contributed by atoms with Crippen LogP contribution in [-0.4, -0.2) is 41.4 Å². The van der Waals surface area contributed by atoms with Crippen LogP contribution in [0.25, 0.3) is 11.4 Å². The Morgan fingerprint density at radius 2 is 2.07 bits per heavy atom. The normalized spacial score (nSPS) is 13.9. The lowest BCUT2D eigenvalue weighted by molar-refractivity contribution is -0.385. The van der Waals surface area contributed by atoms with Crippen molar-refractivity contribution in [2.24, 2.45) is 0 Å². The maximum Gasteiger partial charge on any atom is 0.270 e. The van der Waals surface area contributed by atoms with Crippen LogP contribution < -0.4 is 5.56 Å². The van der Waals surface area contributed by atoms with Crippen molar-refractivity contribution in [2.45, 2.75) is 19.5 Å². The molecule has 2 aromatic heterocycles. The van der Waals surface area contributed by atoms with E-state index >= 15 is 0 Å². The third kappa shape index (κ3) is 3.45. The number of H-pyrrole nitrogens is 1. The number of hydrogen-bond donors (Lipinski definition) is 2. The first-order valence-electron chi connectivity index (χ1n) is 8.57. The Morgan fingerprint density at radius 1 is 1.29 bits per heavy atom. The second-order valence-corrected chi connectivity index (χ2v) is 6.50. The molecule has 28 heavy (non-hydrogen) atoms. The molecule has 3 heterocycles. The highest BCUT2D eigenvalue weighted by Crippen LogP contribution is 2.26. The van der Waals surface area contributed by atoms with Gasteiger partial charge >= 0.3 is 0 Å². The van der Waals surface area contributed by atoms with Crippen LogP contribution >= 0.6 is 0 Å². The topological polar surface area (TPSA) is 138 Å². The van der Waals surface area contributed by atoms with E-state index in [0.717, 1.165) is 0 Å². The Kier molecular flexibility index (Phi) is 4.53. The van der Waals surface area contributed by atoms with Crippen LogP contribution in [0.1, 0.15) is 16.8 Å². The van der Waals surface area contributed by atoms with Gasteiger partial charge in [0, 0.05) is 55.3 Å². The molecule has 0 saturated heterocycles. The molecule has 0 bridgehead atoms. The minimum absolute atomic E-state index is 0.00242. The summed E-state index contributed by atoms with van der Waals surface area (Å²) >= 11 is 0. The molecule has 10 nitrogen and oxygen atoms in total. The first-order chi connectivity index (χ1) is 13.5. The molecule has 0 unspecified atom stereocenters. The molecule has 0 spiro atoms. The predicted octanol–water partition coefficient (Wildman–Crippen LogP) is 1.40. The van der Waals surface area contributed by atoms with Gasteiger partial charge in [-0.1, -0.05) is 0 Å². The monoisotopic (exact) mass is 380 g/mol. The molecular formula is C18H16N6O4. The Hall–Kier alpha value is -3.66. The zero-order valence-corrected chi connectivity index (χ0v) is 14.7. The Balaban J connectivity index is 1.61. The van der Waals surface area contributed by atoms with Crippen molar-refractivity contribution in [1.29, 1.82) is 0 Å². The summed E-state index contributed by atoms with van der Waals surface area (Å²) in [5.74, 6) is 0.391. The maximum atomic E-state index is 12.4. The number of aromatic hydroxyl groups is 1. The van der Waals surface area contributed by atoms with Crippen LogP contribution in [0.15, 0.2) is 41.7 Å². The van der Waals surface area contributed by atoms with Crippen LogP contribution in [-0.2, 0) is 19.5 Å². The van der Waals surface area contributed by atoms with Crippen molar-refractivity contribution >= 4 is 5.69 Å². The number of hydrogen-bond acceptors (Lipinski definition) is 8. The van der Waals surface area contributed by atoms with Crippen LogP contribution in [0.2, 0.25) is 0 Å². The van der Waals surface area contributed by atoms with Gasteiger partial charge in [-0.05, 0) is 12.5 Å². The van der Waals surface area contributed by atoms with E-state index in [9.17, 15) is 20.0 Å². The molecule has 0 radical (unpaired) electrons. The Labute approximate surface area is 158 Å². The fraction of sp³-hybridized carbons (Fsp3) is 0.222. The van der Waals surface area contributed by atoms with Gasteiger partial charge in [0.05, 0.1) is 16.2 Å². The lowest BCUT2D eigenvalue weighted by Gasteiger charge is -2.27. The average molecular weight is 380 g/mol. The molecule has 142 valence electrons. The zero-order valence-electron chi connectivity index (χ0n) is 14.7. The summed E-state index contributed by atoms with van der Waals surface area (Å²) in [6, 6.07) is 3.95. The van der Waals surface area contributed by atoms with Crippen molar-refractivity contribution < 1.29 is 10.0 Å². The molecular weight excluding hydrogens is 364 g/mol. The second kappa shape index (κ2) is 7.16. The Bertz CT molecular complexity index is 1100. The summed E-state index contributed by atoms with van der Waals surface area (Å²) in [4.78, 5) is 40.1. The van der Waals surface area contributed by atoms with E-state index in [2.05, 4.69) is 19.9 Å². The number of rotatable bonds is 4. The van der Waals surface area contributed by atoms with Gasteiger partial charge in [0.2, 0.25) is 0 Å². The molecule has 1 aromatic carbocycles. The van der Waals surface area contributed by atoms with E-state index in [1.54, 1.807) is 12.4 Å². The first kappa shape index (κ1) is 17.7. The SMILES string of the molecule is O=c1[nH]c(-c2cncnc2)nc2c1CCN(Cc1cc([N+](=O)[O-])ccc1O)C2. The summed E-state index contributed by atoms with van der Waals surface area (Å²) in [5, 5.41) is 21.0.